The Morgan fingerprint density at radius 1 is 1.36 bits per heavy atom. The first kappa shape index (κ1) is 10.6. The highest BCUT2D eigenvalue weighted by Crippen LogP contribution is 2.23. The molecular weight excluding hydrogens is 174 g/mol. The summed E-state index contributed by atoms with van der Waals surface area (Å²) in [5, 5.41) is 8.72. The maximum Gasteiger partial charge on any atom is 0.159 e. The largest absolute Gasteiger partial charge is 0.257 e. The van der Waals surface area contributed by atoms with E-state index in [1.165, 1.54) is 6.20 Å². The van der Waals surface area contributed by atoms with Gasteiger partial charge in [0, 0.05) is 5.92 Å². The average Bonchev–Trinajstić information content (AvgIpc) is 2.17. The van der Waals surface area contributed by atoms with Crippen molar-refractivity contribution in [2.75, 3.05) is 0 Å². The predicted molar refractivity (Wildman–Crippen MR) is 54.7 cm³/mol. The zero-order valence-corrected chi connectivity index (χ0v) is 9.07. The number of aromatic nitrogens is 2. The van der Waals surface area contributed by atoms with E-state index < -0.39 is 0 Å². The third-order valence-electron chi connectivity index (χ3n) is 2.54. The molecule has 0 aliphatic heterocycles. The van der Waals surface area contributed by atoms with Gasteiger partial charge in [-0.25, -0.2) is 4.98 Å². The van der Waals surface area contributed by atoms with Crippen LogP contribution in [0.5, 0.6) is 0 Å². The highest BCUT2D eigenvalue weighted by Gasteiger charge is 2.15. The van der Waals surface area contributed by atoms with Crippen LogP contribution < -0.4 is 0 Å². The van der Waals surface area contributed by atoms with Gasteiger partial charge in [0.2, 0.25) is 0 Å². The molecule has 14 heavy (non-hydrogen) atoms. The van der Waals surface area contributed by atoms with Crippen molar-refractivity contribution < 1.29 is 0 Å². The Morgan fingerprint density at radius 2 is 2.00 bits per heavy atom. The minimum atomic E-state index is 0.343. The van der Waals surface area contributed by atoms with Crippen molar-refractivity contribution in [2.45, 2.75) is 33.6 Å². The molecule has 3 nitrogen and oxygen atoms in total. The number of nitrogens with zero attached hydrogens (tertiary/aromatic N) is 3. The van der Waals surface area contributed by atoms with Gasteiger partial charge >= 0.3 is 0 Å². The van der Waals surface area contributed by atoms with Gasteiger partial charge in [0.15, 0.2) is 5.69 Å². The first-order valence-electron chi connectivity index (χ1n) is 4.80. The van der Waals surface area contributed by atoms with Crippen molar-refractivity contribution in [1.29, 1.82) is 5.26 Å². The lowest BCUT2D eigenvalue weighted by molar-refractivity contribution is 0.518. The standard InChI is InChI=1S/C11H15N3/c1-7(2)8(3)11-9(4)13-6-10(5-12)14-11/h6-8H,1-4H3. The summed E-state index contributed by atoms with van der Waals surface area (Å²) in [5.41, 5.74) is 2.27. The van der Waals surface area contributed by atoms with E-state index in [-0.39, 0.29) is 0 Å². The zero-order chi connectivity index (χ0) is 10.7. The van der Waals surface area contributed by atoms with Gasteiger partial charge in [0.05, 0.1) is 17.6 Å². The first-order valence-corrected chi connectivity index (χ1v) is 4.80. The van der Waals surface area contributed by atoms with Crippen molar-refractivity contribution >= 4 is 0 Å². The minimum Gasteiger partial charge on any atom is -0.257 e. The van der Waals surface area contributed by atoms with Gasteiger partial charge in [-0.15, -0.1) is 0 Å². The van der Waals surface area contributed by atoms with E-state index in [1.54, 1.807) is 0 Å². The van der Waals surface area contributed by atoms with Crippen molar-refractivity contribution in [3.05, 3.63) is 23.3 Å². The van der Waals surface area contributed by atoms with Crippen LogP contribution in [0.15, 0.2) is 6.20 Å². The van der Waals surface area contributed by atoms with E-state index in [2.05, 4.69) is 30.7 Å². The summed E-state index contributed by atoms with van der Waals surface area (Å²) in [5.74, 6) is 0.854. The molecule has 0 amide bonds. The number of hydrogen-bond acceptors (Lipinski definition) is 3. The fourth-order valence-corrected chi connectivity index (χ4v) is 1.26. The fraction of sp³-hybridized carbons (Fsp3) is 0.545. The number of aryl methyl sites for hydroxylation is 1. The normalized spacial score (nSPS) is 12.6. The molecule has 3 heteroatoms. The van der Waals surface area contributed by atoms with Crippen LogP contribution in [0, 0.1) is 24.2 Å². The van der Waals surface area contributed by atoms with Crippen molar-refractivity contribution in [1.82, 2.24) is 9.97 Å². The Labute approximate surface area is 84.8 Å². The molecule has 1 heterocycles. The van der Waals surface area contributed by atoms with Crippen molar-refractivity contribution in [2.24, 2.45) is 5.92 Å². The Bertz CT molecular complexity index is 363. The van der Waals surface area contributed by atoms with E-state index in [1.807, 2.05) is 13.0 Å². The van der Waals surface area contributed by atoms with Gasteiger partial charge in [-0.2, -0.15) is 5.26 Å². The second-order valence-electron chi connectivity index (χ2n) is 3.87. The molecule has 0 aliphatic carbocycles. The van der Waals surface area contributed by atoms with Gasteiger partial charge in [0.1, 0.15) is 6.07 Å². The van der Waals surface area contributed by atoms with Crippen molar-refractivity contribution in [3.8, 4) is 6.07 Å². The van der Waals surface area contributed by atoms with Crippen LogP contribution in [-0.4, -0.2) is 9.97 Å². The first-order chi connectivity index (χ1) is 6.56. The topological polar surface area (TPSA) is 49.6 Å². The molecule has 0 saturated heterocycles. The summed E-state index contributed by atoms with van der Waals surface area (Å²) in [6, 6.07) is 2.01. The molecule has 1 atom stereocenters. The van der Waals surface area contributed by atoms with Crippen LogP contribution in [0.1, 0.15) is 43.8 Å². The van der Waals surface area contributed by atoms with Crippen LogP contribution in [0.4, 0.5) is 0 Å². The number of hydrogen-bond donors (Lipinski definition) is 0. The summed E-state index contributed by atoms with van der Waals surface area (Å²) < 4.78 is 0. The van der Waals surface area contributed by atoms with Crippen LogP contribution in [0.3, 0.4) is 0 Å². The Balaban J connectivity index is 3.13. The molecule has 74 valence electrons. The second-order valence-corrected chi connectivity index (χ2v) is 3.87. The van der Waals surface area contributed by atoms with Gasteiger partial charge in [-0.1, -0.05) is 20.8 Å². The van der Waals surface area contributed by atoms with Gasteiger partial charge in [-0.05, 0) is 12.8 Å². The molecule has 0 aromatic carbocycles. The monoisotopic (exact) mass is 189 g/mol. The van der Waals surface area contributed by atoms with Crippen molar-refractivity contribution in [3.63, 3.8) is 0 Å². The molecule has 0 N–H and O–H groups in total. The van der Waals surface area contributed by atoms with E-state index >= 15 is 0 Å². The van der Waals surface area contributed by atoms with E-state index in [0.717, 1.165) is 11.4 Å². The summed E-state index contributed by atoms with van der Waals surface area (Å²) in [6.45, 7) is 8.33. The number of nitriles is 1. The fourth-order valence-electron chi connectivity index (χ4n) is 1.26. The lowest BCUT2D eigenvalue weighted by Gasteiger charge is -2.16. The van der Waals surface area contributed by atoms with E-state index in [0.29, 0.717) is 17.5 Å². The van der Waals surface area contributed by atoms with E-state index in [4.69, 9.17) is 5.26 Å². The Morgan fingerprint density at radius 3 is 2.50 bits per heavy atom. The minimum absolute atomic E-state index is 0.343. The maximum absolute atomic E-state index is 8.72. The van der Waals surface area contributed by atoms with Gasteiger partial charge in [0.25, 0.3) is 0 Å². The second kappa shape index (κ2) is 4.19. The zero-order valence-electron chi connectivity index (χ0n) is 9.07. The smallest absolute Gasteiger partial charge is 0.159 e. The third kappa shape index (κ3) is 2.08. The van der Waals surface area contributed by atoms with Crippen LogP contribution in [0.25, 0.3) is 0 Å². The van der Waals surface area contributed by atoms with Gasteiger partial charge < -0.3 is 0 Å². The molecule has 0 spiro atoms. The molecule has 0 aliphatic rings. The molecule has 1 rings (SSSR count). The highest BCUT2D eigenvalue weighted by molar-refractivity contribution is 5.23. The summed E-state index contributed by atoms with van der Waals surface area (Å²) in [7, 11) is 0. The van der Waals surface area contributed by atoms with E-state index in [9.17, 15) is 0 Å². The molecule has 0 fully saturated rings. The SMILES string of the molecule is Cc1ncc(C#N)nc1C(C)C(C)C. The molecule has 1 aromatic heterocycles. The third-order valence-corrected chi connectivity index (χ3v) is 2.54. The molecule has 0 bridgehead atoms. The Hall–Kier alpha value is -1.43. The predicted octanol–water partition coefficient (Wildman–Crippen LogP) is 2.42. The molecule has 0 saturated carbocycles. The summed E-state index contributed by atoms with van der Waals surface area (Å²) in [4.78, 5) is 8.46. The van der Waals surface area contributed by atoms with Gasteiger partial charge in [-0.3, -0.25) is 4.98 Å². The number of rotatable bonds is 2. The molecular formula is C11H15N3. The average molecular weight is 189 g/mol. The molecule has 1 unspecified atom stereocenters. The highest BCUT2D eigenvalue weighted by atomic mass is 14.8. The van der Waals surface area contributed by atoms with Crippen LogP contribution in [-0.2, 0) is 0 Å². The maximum atomic E-state index is 8.72. The summed E-state index contributed by atoms with van der Waals surface area (Å²) >= 11 is 0. The lowest BCUT2D eigenvalue weighted by Crippen LogP contribution is -2.09. The summed E-state index contributed by atoms with van der Waals surface area (Å²) in [6.07, 6.45) is 1.52. The van der Waals surface area contributed by atoms with Crippen LogP contribution >= 0.6 is 0 Å². The quantitative estimate of drug-likeness (QED) is 0.717. The lowest BCUT2D eigenvalue weighted by atomic mass is 9.93. The van der Waals surface area contributed by atoms with Crippen LogP contribution in [0.2, 0.25) is 0 Å². The molecule has 0 radical (unpaired) electrons. The Kier molecular flexibility index (Phi) is 3.19. The molecule has 1 aromatic rings.